The average molecular weight is 282 g/mol. The quantitative estimate of drug-likeness (QED) is 0.774. The van der Waals surface area contributed by atoms with Gasteiger partial charge in [-0.15, -0.1) is 0 Å². The lowest BCUT2D eigenvalue weighted by molar-refractivity contribution is 0.0950. The van der Waals surface area contributed by atoms with Crippen molar-refractivity contribution in [2.45, 2.75) is 13.5 Å². The lowest BCUT2D eigenvalue weighted by atomic mass is 10.2. The normalized spacial score (nSPS) is 10.8. The monoisotopic (exact) mass is 282 g/mol. The van der Waals surface area contributed by atoms with E-state index in [0.717, 1.165) is 16.7 Å². The molecular formula is C14H14N6O. The number of hydrogen-bond acceptors (Lipinski definition) is 5. The summed E-state index contributed by atoms with van der Waals surface area (Å²) in [6.45, 7) is 2.19. The van der Waals surface area contributed by atoms with Gasteiger partial charge >= 0.3 is 0 Å². The number of hydrogen-bond donors (Lipinski definition) is 1. The molecule has 3 aromatic heterocycles. The van der Waals surface area contributed by atoms with Gasteiger partial charge in [-0.2, -0.15) is 5.10 Å². The van der Waals surface area contributed by atoms with Crippen molar-refractivity contribution in [1.82, 2.24) is 30.0 Å². The Kier molecular flexibility index (Phi) is 3.31. The van der Waals surface area contributed by atoms with Crippen LogP contribution in [0, 0.1) is 6.92 Å². The molecule has 106 valence electrons. The van der Waals surface area contributed by atoms with Gasteiger partial charge in [0.2, 0.25) is 0 Å². The van der Waals surface area contributed by atoms with Crippen molar-refractivity contribution in [3.05, 3.63) is 47.8 Å². The molecule has 0 aromatic carbocycles. The molecule has 0 bridgehead atoms. The maximum Gasteiger partial charge on any atom is 0.253 e. The molecule has 0 aliphatic heterocycles. The van der Waals surface area contributed by atoms with Gasteiger partial charge < -0.3 is 5.32 Å². The summed E-state index contributed by atoms with van der Waals surface area (Å²) in [4.78, 5) is 24.7. The summed E-state index contributed by atoms with van der Waals surface area (Å²) >= 11 is 0. The standard InChI is InChI=1S/C14H14N6O/c1-9-4-16-11(6-15-9)7-18-14(21)10-3-13-12(17-5-10)8-19-20(13)2/h3-6,8H,7H2,1-2H3,(H,18,21). The first-order valence-corrected chi connectivity index (χ1v) is 6.47. The van der Waals surface area contributed by atoms with E-state index in [-0.39, 0.29) is 5.91 Å². The predicted octanol–water partition coefficient (Wildman–Crippen LogP) is 0.997. The molecule has 0 spiro atoms. The lowest BCUT2D eigenvalue weighted by Gasteiger charge is -2.05. The van der Waals surface area contributed by atoms with Crippen molar-refractivity contribution in [2.75, 3.05) is 0 Å². The average Bonchev–Trinajstić information content (AvgIpc) is 2.87. The van der Waals surface area contributed by atoms with Crippen molar-refractivity contribution >= 4 is 16.9 Å². The third-order valence-corrected chi connectivity index (χ3v) is 3.13. The van der Waals surface area contributed by atoms with E-state index in [1.54, 1.807) is 35.5 Å². The topological polar surface area (TPSA) is 85.6 Å². The van der Waals surface area contributed by atoms with Crippen LogP contribution in [0.2, 0.25) is 0 Å². The highest BCUT2D eigenvalue weighted by molar-refractivity contribution is 5.96. The van der Waals surface area contributed by atoms with E-state index in [1.807, 2.05) is 14.0 Å². The van der Waals surface area contributed by atoms with Gasteiger partial charge in [-0.05, 0) is 13.0 Å². The Morgan fingerprint density at radius 2 is 2.05 bits per heavy atom. The largest absolute Gasteiger partial charge is 0.346 e. The molecule has 7 heteroatoms. The maximum absolute atomic E-state index is 12.1. The van der Waals surface area contributed by atoms with E-state index in [9.17, 15) is 4.79 Å². The molecule has 7 nitrogen and oxygen atoms in total. The van der Waals surface area contributed by atoms with E-state index >= 15 is 0 Å². The SMILES string of the molecule is Cc1cnc(CNC(=O)c2cnc3cnn(C)c3c2)cn1. The van der Waals surface area contributed by atoms with Gasteiger partial charge in [0.15, 0.2) is 0 Å². The molecule has 0 radical (unpaired) electrons. The number of carbonyl (C=O) groups is 1. The molecule has 3 rings (SSSR count). The Morgan fingerprint density at radius 1 is 1.19 bits per heavy atom. The van der Waals surface area contributed by atoms with Crippen LogP contribution >= 0.6 is 0 Å². The minimum absolute atomic E-state index is 0.201. The fraction of sp³-hybridized carbons (Fsp3) is 0.214. The Hall–Kier alpha value is -2.83. The van der Waals surface area contributed by atoms with Crippen LogP contribution in [-0.4, -0.2) is 30.6 Å². The Balaban J connectivity index is 1.74. The van der Waals surface area contributed by atoms with Crippen LogP contribution in [-0.2, 0) is 13.6 Å². The number of pyridine rings is 1. The van der Waals surface area contributed by atoms with Gasteiger partial charge in [0.1, 0.15) is 5.52 Å². The van der Waals surface area contributed by atoms with Crippen LogP contribution in [0.1, 0.15) is 21.7 Å². The molecule has 0 fully saturated rings. The second kappa shape index (κ2) is 5.28. The van der Waals surface area contributed by atoms with Crippen molar-refractivity contribution in [3.8, 4) is 0 Å². The molecule has 3 heterocycles. The molecular weight excluding hydrogens is 268 g/mol. The molecule has 0 aliphatic carbocycles. The Labute approximate surface area is 121 Å². The first-order valence-electron chi connectivity index (χ1n) is 6.47. The number of aromatic nitrogens is 5. The number of nitrogens with one attached hydrogen (secondary N) is 1. The van der Waals surface area contributed by atoms with E-state index in [2.05, 4.69) is 25.4 Å². The Morgan fingerprint density at radius 3 is 2.81 bits per heavy atom. The summed E-state index contributed by atoms with van der Waals surface area (Å²) in [5.74, 6) is -0.201. The summed E-state index contributed by atoms with van der Waals surface area (Å²) in [6.07, 6.45) is 6.53. The molecule has 0 aliphatic rings. The van der Waals surface area contributed by atoms with Crippen LogP contribution in [0.15, 0.2) is 30.9 Å². The third-order valence-electron chi connectivity index (χ3n) is 3.13. The molecule has 21 heavy (non-hydrogen) atoms. The number of rotatable bonds is 3. The van der Waals surface area contributed by atoms with E-state index in [0.29, 0.717) is 17.8 Å². The zero-order valence-electron chi connectivity index (χ0n) is 11.7. The minimum Gasteiger partial charge on any atom is -0.346 e. The van der Waals surface area contributed by atoms with Gasteiger partial charge in [-0.3, -0.25) is 24.4 Å². The molecule has 1 N–H and O–H groups in total. The van der Waals surface area contributed by atoms with Crippen LogP contribution in [0.3, 0.4) is 0 Å². The van der Waals surface area contributed by atoms with Gasteiger partial charge in [-0.25, -0.2) is 0 Å². The predicted molar refractivity (Wildman–Crippen MR) is 76.4 cm³/mol. The number of fused-ring (bicyclic) bond motifs is 1. The summed E-state index contributed by atoms with van der Waals surface area (Å²) < 4.78 is 1.69. The van der Waals surface area contributed by atoms with Crippen molar-refractivity contribution < 1.29 is 4.79 Å². The molecule has 0 atom stereocenters. The fourth-order valence-corrected chi connectivity index (χ4v) is 1.93. The molecule has 0 unspecified atom stereocenters. The number of aryl methyl sites for hydroxylation is 2. The van der Waals surface area contributed by atoms with E-state index < -0.39 is 0 Å². The zero-order chi connectivity index (χ0) is 14.8. The van der Waals surface area contributed by atoms with Gasteiger partial charge in [0.25, 0.3) is 5.91 Å². The first kappa shape index (κ1) is 13.2. The van der Waals surface area contributed by atoms with Crippen molar-refractivity contribution in [2.24, 2.45) is 7.05 Å². The van der Waals surface area contributed by atoms with Gasteiger partial charge in [-0.1, -0.05) is 0 Å². The minimum atomic E-state index is -0.201. The molecule has 0 saturated carbocycles. The summed E-state index contributed by atoms with van der Waals surface area (Å²) in [7, 11) is 1.81. The lowest BCUT2D eigenvalue weighted by Crippen LogP contribution is -2.23. The van der Waals surface area contributed by atoms with E-state index in [4.69, 9.17) is 0 Å². The zero-order valence-corrected chi connectivity index (χ0v) is 11.7. The molecule has 0 saturated heterocycles. The number of nitrogens with zero attached hydrogens (tertiary/aromatic N) is 5. The highest BCUT2D eigenvalue weighted by Gasteiger charge is 2.09. The number of carbonyl (C=O) groups excluding carboxylic acids is 1. The smallest absolute Gasteiger partial charge is 0.253 e. The summed E-state index contributed by atoms with van der Waals surface area (Å²) in [5, 5.41) is 6.90. The maximum atomic E-state index is 12.1. The Bertz CT molecular complexity index is 793. The van der Waals surface area contributed by atoms with Crippen LogP contribution in [0.5, 0.6) is 0 Å². The van der Waals surface area contributed by atoms with Crippen LogP contribution < -0.4 is 5.32 Å². The van der Waals surface area contributed by atoms with Crippen LogP contribution in [0.25, 0.3) is 11.0 Å². The summed E-state index contributed by atoms with van der Waals surface area (Å²) in [6, 6.07) is 1.77. The van der Waals surface area contributed by atoms with Gasteiger partial charge in [0, 0.05) is 19.4 Å². The summed E-state index contributed by atoms with van der Waals surface area (Å²) in [5.41, 5.74) is 3.63. The molecule has 1 amide bonds. The second-order valence-electron chi connectivity index (χ2n) is 4.73. The number of amides is 1. The fourth-order valence-electron chi connectivity index (χ4n) is 1.93. The van der Waals surface area contributed by atoms with Crippen LogP contribution in [0.4, 0.5) is 0 Å². The van der Waals surface area contributed by atoms with Crippen molar-refractivity contribution in [3.63, 3.8) is 0 Å². The highest BCUT2D eigenvalue weighted by Crippen LogP contribution is 2.11. The molecule has 3 aromatic rings. The highest BCUT2D eigenvalue weighted by atomic mass is 16.1. The van der Waals surface area contributed by atoms with E-state index in [1.165, 1.54) is 0 Å². The third kappa shape index (κ3) is 2.71. The second-order valence-corrected chi connectivity index (χ2v) is 4.73. The first-order chi connectivity index (χ1) is 10.1. The van der Waals surface area contributed by atoms with Crippen molar-refractivity contribution in [1.29, 1.82) is 0 Å². The van der Waals surface area contributed by atoms with Gasteiger partial charge in [0.05, 0.1) is 41.4 Å².